The molecule has 0 saturated carbocycles. The van der Waals surface area contributed by atoms with Gasteiger partial charge in [0.25, 0.3) is 11.1 Å². The number of rotatable bonds is 3. The molecule has 0 radical (unpaired) electrons. The molecular formula is C20H19N3O3. The van der Waals surface area contributed by atoms with Gasteiger partial charge in [0.2, 0.25) is 5.91 Å². The van der Waals surface area contributed by atoms with Gasteiger partial charge in [-0.15, -0.1) is 0 Å². The summed E-state index contributed by atoms with van der Waals surface area (Å²) in [5, 5.41) is 6.12. The van der Waals surface area contributed by atoms with E-state index in [4.69, 9.17) is 0 Å². The first-order valence-electron chi connectivity index (χ1n) is 8.70. The van der Waals surface area contributed by atoms with Crippen LogP contribution in [0.25, 0.3) is 10.8 Å². The molecule has 1 aliphatic rings. The summed E-state index contributed by atoms with van der Waals surface area (Å²) < 4.78 is 1.08. The number of nitrogens with one attached hydrogen (secondary N) is 2. The molecule has 0 bridgehead atoms. The highest BCUT2D eigenvalue weighted by atomic mass is 16.2. The predicted molar refractivity (Wildman–Crippen MR) is 99.2 cm³/mol. The van der Waals surface area contributed by atoms with Crippen LogP contribution in [0.4, 0.5) is 0 Å². The van der Waals surface area contributed by atoms with Gasteiger partial charge in [-0.3, -0.25) is 19.5 Å². The standard InChI is InChI=1S/C20H19N3O3/c24-18(21-15-10-9-13-5-1-2-6-14(13)11-15)12-23-20(26)17-8-4-3-7-16(17)19(25)22-23/h1-8,15H,9-12H2,(H,21,24)(H,22,25). The van der Waals surface area contributed by atoms with Gasteiger partial charge in [0.15, 0.2) is 0 Å². The lowest BCUT2D eigenvalue weighted by Crippen LogP contribution is -2.43. The number of aryl methyl sites for hydroxylation is 1. The Morgan fingerprint density at radius 2 is 1.73 bits per heavy atom. The number of aromatic amines is 1. The first-order valence-corrected chi connectivity index (χ1v) is 8.70. The van der Waals surface area contributed by atoms with Crippen LogP contribution in [-0.2, 0) is 24.2 Å². The fourth-order valence-corrected chi connectivity index (χ4v) is 3.60. The number of benzene rings is 2. The average molecular weight is 349 g/mol. The molecule has 6 nitrogen and oxygen atoms in total. The Morgan fingerprint density at radius 1 is 1.04 bits per heavy atom. The molecule has 1 aliphatic carbocycles. The summed E-state index contributed by atoms with van der Waals surface area (Å²) in [6.45, 7) is -0.197. The Bertz CT molecular complexity index is 1100. The highest BCUT2D eigenvalue weighted by Gasteiger charge is 2.20. The van der Waals surface area contributed by atoms with Crippen LogP contribution in [0.15, 0.2) is 58.1 Å². The lowest BCUT2D eigenvalue weighted by atomic mass is 9.88. The number of nitrogens with zero attached hydrogens (tertiary/aromatic N) is 1. The van der Waals surface area contributed by atoms with E-state index in [0.717, 1.165) is 23.9 Å². The Hall–Kier alpha value is -3.15. The van der Waals surface area contributed by atoms with Crippen LogP contribution < -0.4 is 16.4 Å². The summed E-state index contributed by atoms with van der Waals surface area (Å²) in [6.07, 6.45) is 2.57. The molecule has 1 unspecified atom stereocenters. The maximum Gasteiger partial charge on any atom is 0.273 e. The largest absolute Gasteiger partial charge is 0.351 e. The Balaban J connectivity index is 1.51. The zero-order valence-electron chi connectivity index (χ0n) is 14.2. The van der Waals surface area contributed by atoms with Crippen LogP contribution in [0, 0.1) is 0 Å². The summed E-state index contributed by atoms with van der Waals surface area (Å²) in [5.41, 5.74) is 1.83. The molecule has 1 heterocycles. The van der Waals surface area contributed by atoms with Gasteiger partial charge in [0.1, 0.15) is 6.54 Å². The van der Waals surface area contributed by atoms with Gasteiger partial charge in [-0.25, -0.2) is 4.68 Å². The normalized spacial score (nSPS) is 16.2. The van der Waals surface area contributed by atoms with Crippen molar-refractivity contribution < 1.29 is 4.79 Å². The maximum absolute atomic E-state index is 12.5. The molecule has 0 aliphatic heterocycles. The van der Waals surface area contributed by atoms with Crippen LogP contribution in [0.3, 0.4) is 0 Å². The fraction of sp³-hybridized carbons (Fsp3) is 0.250. The number of carbonyl (C=O) groups is 1. The fourth-order valence-electron chi connectivity index (χ4n) is 3.60. The Morgan fingerprint density at radius 3 is 2.54 bits per heavy atom. The molecule has 1 atom stereocenters. The summed E-state index contributed by atoms with van der Waals surface area (Å²) >= 11 is 0. The van der Waals surface area contributed by atoms with Crippen LogP contribution >= 0.6 is 0 Å². The SMILES string of the molecule is O=C(Cn1[nH]c(=O)c2ccccc2c1=O)NC1CCc2ccccc2C1. The van der Waals surface area contributed by atoms with Crippen molar-refractivity contribution in [2.45, 2.75) is 31.8 Å². The summed E-state index contributed by atoms with van der Waals surface area (Å²) in [5.74, 6) is -0.276. The second-order valence-corrected chi connectivity index (χ2v) is 6.65. The number of hydrogen-bond acceptors (Lipinski definition) is 3. The summed E-state index contributed by atoms with van der Waals surface area (Å²) in [6, 6.07) is 14.9. The van der Waals surface area contributed by atoms with E-state index >= 15 is 0 Å². The van der Waals surface area contributed by atoms with Gasteiger partial charge >= 0.3 is 0 Å². The van der Waals surface area contributed by atoms with E-state index in [-0.39, 0.29) is 29.6 Å². The van der Waals surface area contributed by atoms with Crippen LogP contribution in [0.1, 0.15) is 17.5 Å². The van der Waals surface area contributed by atoms with Crippen molar-refractivity contribution in [2.75, 3.05) is 0 Å². The van der Waals surface area contributed by atoms with Crippen LogP contribution in [-0.4, -0.2) is 21.7 Å². The van der Waals surface area contributed by atoms with Gasteiger partial charge in [0, 0.05) is 6.04 Å². The monoisotopic (exact) mass is 349 g/mol. The van der Waals surface area contributed by atoms with E-state index < -0.39 is 0 Å². The lowest BCUT2D eigenvalue weighted by Gasteiger charge is -2.25. The average Bonchev–Trinajstić information content (AvgIpc) is 2.66. The first kappa shape index (κ1) is 16.3. The van der Waals surface area contributed by atoms with Gasteiger partial charge in [-0.2, -0.15) is 0 Å². The summed E-state index contributed by atoms with van der Waals surface area (Å²) in [4.78, 5) is 37.0. The van der Waals surface area contributed by atoms with E-state index in [0.29, 0.717) is 10.8 Å². The molecule has 26 heavy (non-hydrogen) atoms. The number of carbonyl (C=O) groups excluding carboxylic acids is 1. The molecule has 0 saturated heterocycles. The van der Waals surface area contributed by atoms with Crippen molar-refractivity contribution in [1.82, 2.24) is 15.1 Å². The van der Waals surface area contributed by atoms with E-state index in [9.17, 15) is 14.4 Å². The zero-order valence-corrected chi connectivity index (χ0v) is 14.2. The molecular weight excluding hydrogens is 330 g/mol. The topological polar surface area (TPSA) is 84.0 Å². The Kier molecular flexibility index (Phi) is 4.16. The van der Waals surface area contributed by atoms with Crippen molar-refractivity contribution in [1.29, 1.82) is 0 Å². The zero-order chi connectivity index (χ0) is 18.1. The molecule has 2 aromatic carbocycles. The molecule has 0 fully saturated rings. The molecule has 2 N–H and O–H groups in total. The number of H-pyrrole nitrogens is 1. The van der Waals surface area contributed by atoms with Crippen molar-refractivity contribution in [2.24, 2.45) is 0 Å². The third kappa shape index (κ3) is 3.06. The second-order valence-electron chi connectivity index (χ2n) is 6.65. The van der Waals surface area contributed by atoms with Crippen LogP contribution in [0.2, 0.25) is 0 Å². The van der Waals surface area contributed by atoms with Crippen molar-refractivity contribution in [3.63, 3.8) is 0 Å². The minimum atomic E-state index is -0.375. The van der Waals surface area contributed by atoms with Crippen LogP contribution in [0.5, 0.6) is 0 Å². The molecule has 1 aromatic heterocycles. The minimum absolute atomic E-state index is 0.0419. The van der Waals surface area contributed by atoms with Crippen molar-refractivity contribution in [3.8, 4) is 0 Å². The van der Waals surface area contributed by atoms with Gasteiger partial charge < -0.3 is 5.32 Å². The lowest BCUT2D eigenvalue weighted by molar-refractivity contribution is -0.122. The number of hydrogen-bond donors (Lipinski definition) is 2. The van der Waals surface area contributed by atoms with Crippen molar-refractivity contribution in [3.05, 3.63) is 80.4 Å². The van der Waals surface area contributed by atoms with Crippen molar-refractivity contribution >= 4 is 16.7 Å². The van der Waals surface area contributed by atoms with Gasteiger partial charge in [-0.05, 0) is 42.5 Å². The number of amides is 1. The van der Waals surface area contributed by atoms with E-state index in [1.165, 1.54) is 11.1 Å². The highest BCUT2D eigenvalue weighted by molar-refractivity contribution is 5.81. The smallest absolute Gasteiger partial charge is 0.273 e. The quantitative estimate of drug-likeness (QED) is 0.749. The van der Waals surface area contributed by atoms with E-state index in [2.05, 4.69) is 22.5 Å². The number of aromatic nitrogens is 2. The molecule has 6 heteroatoms. The second kappa shape index (κ2) is 6.63. The predicted octanol–water partition coefficient (Wildman–Crippen LogP) is 1.36. The molecule has 1 amide bonds. The molecule has 4 rings (SSSR count). The van der Waals surface area contributed by atoms with E-state index in [1.54, 1.807) is 24.3 Å². The molecule has 132 valence electrons. The Labute approximate surface area is 149 Å². The molecule has 3 aromatic rings. The number of fused-ring (bicyclic) bond motifs is 2. The molecule has 0 spiro atoms. The maximum atomic E-state index is 12.5. The third-order valence-corrected chi connectivity index (χ3v) is 4.90. The minimum Gasteiger partial charge on any atom is -0.351 e. The summed E-state index contributed by atoms with van der Waals surface area (Å²) in [7, 11) is 0. The highest BCUT2D eigenvalue weighted by Crippen LogP contribution is 2.20. The first-order chi connectivity index (χ1) is 12.6. The van der Waals surface area contributed by atoms with Gasteiger partial charge in [0.05, 0.1) is 10.8 Å². The third-order valence-electron chi connectivity index (χ3n) is 4.90. The van der Waals surface area contributed by atoms with E-state index in [1.807, 2.05) is 12.1 Å². The van der Waals surface area contributed by atoms with Gasteiger partial charge in [-0.1, -0.05) is 36.4 Å².